The summed E-state index contributed by atoms with van der Waals surface area (Å²) in [5, 5.41) is 16.0. The number of fused-ring (bicyclic) bond motifs is 1. The van der Waals surface area contributed by atoms with Crippen LogP contribution in [0.1, 0.15) is 24.2 Å². The molecule has 29 heavy (non-hydrogen) atoms. The van der Waals surface area contributed by atoms with E-state index in [1.165, 1.54) is 13.8 Å². The van der Waals surface area contributed by atoms with Crippen molar-refractivity contribution in [1.82, 2.24) is 5.48 Å². The van der Waals surface area contributed by atoms with Crippen LogP contribution in [0, 0.1) is 5.82 Å². The third-order valence-corrected chi connectivity index (χ3v) is 4.98. The van der Waals surface area contributed by atoms with Gasteiger partial charge in [0.25, 0.3) is 5.91 Å². The van der Waals surface area contributed by atoms with Crippen molar-refractivity contribution >= 4 is 56.2 Å². The zero-order valence-electron chi connectivity index (χ0n) is 16.1. The predicted octanol–water partition coefficient (Wildman–Crippen LogP) is 4.24. The fourth-order valence-corrected chi connectivity index (χ4v) is 3.47. The normalized spacial score (nSPS) is 13.1. The summed E-state index contributed by atoms with van der Waals surface area (Å²) < 4.78 is 16.1. The van der Waals surface area contributed by atoms with E-state index in [0.29, 0.717) is 23.1 Å². The lowest BCUT2D eigenvalue weighted by molar-refractivity contribution is -0.0522. The molecule has 0 unspecified atom stereocenters. The summed E-state index contributed by atoms with van der Waals surface area (Å²) >= 11 is 9.57. The molecule has 10 heteroatoms. The molecule has 0 atom stereocenters. The molecular formula is C19H21BrClFN4O3. The maximum absolute atomic E-state index is 15.3. The van der Waals surface area contributed by atoms with E-state index in [4.69, 9.17) is 16.4 Å². The Labute approximate surface area is 181 Å². The molecule has 156 valence electrons. The number of hydroxylamine groups is 1. The van der Waals surface area contributed by atoms with Crippen LogP contribution < -0.4 is 21.0 Å². The standard InChI is InChI=1S/C19H21BrClFN4O3/c1-19(2,28)8-29-25-18(27)11-7-14-17(23-9-26(14)3)15(22)16(11)24-13-5-4-10(20)6-12(13)21/h4-7,23-24,28H,8-9H2,1-3H3,(H,25,27). The van der Waals surface area contributed by atoms with Gasteiger partial charge in [-0.25, -0.2) is 9.87 Å². The van der Waals surface area contributed by atoms with Crippen molar-refractivity contribution in [3.8, 4) is 0 Å². The van der Waals surface area contributed by atoms with Gasteiger partial charge >= 0.3 is 0 Å². The van der Waals surface area contributed by atoms with Gasteiger partial charge < -0.3 is 20.6 Å². The number of hydrogen-bond donors (Lipinski definition) is 4. The molecule has 0 saturated heterocycles. The van der Waals surface area contributed by atoms with Crippen LogP contribution in [0.5, 0.6) is 0 Å². The van der Waals surface area contributed by atoms with Crippen LogP contribution in [-0.2, 0) is 4.84 Å². The molecule has 0 spiro atoms. The van der Waals surface area contributed by atoms with Gasteiger partial charge in [-0.3, -0.25) is 9.63 Å². The van der Waals surface area contributed by atoms with E-state index >= 15 is 4.39 Å². The Morgan fingerprint density at radius 2 is 2.17 bits per heavy atom. The zero-order chi connectivity index (χ0) is 21.3. The van der Waals surface area contributed by atoms with Gasteiger partial charge in [0.1, 0.15) is 6.61 Å². The maximum Gasteiger partial charge on any atom is 0.277 e. The molecule has 0 fully saturated rings. The smallest absolute Gasteiger partial charge is 0.277 e. The maximum atomic E-state index is 15.3. The SMILES string of the molecule is CN1CNc2c1cc(C(=O)NOCC(C)(C)O)c(Nc1ccc(Br)cc1Cl)c2F. The minimum absolute atomic E-state index is 0.0338. The van der Waals surface area contributed by atoms with Crippen LogP contribution in [0.4, 0.5) is 27.1 Å². The number of carbonyl (C=O) groups is 1. The van der Waals surface area contributed by atoms with Gasteiger partial charge in [0.15, 0.2) is 5.82 Å². The quantitative estimate of drug-likeness (QED) is 0.456. The zero-order valence-corrected chi connectivity index (χ0v) is 18.4. The van der Waals surface area contributed by atoms with Crippen LogP contribution in [0.15, 0.2) is 28.7 Å². The van der Waals surface area contributed by atoms with E-state index in [1.807, 2.05) is 0 Å². The van der Waals surface area contributed by atoms with Crippen molar-refractivity contribution in [3.63, 3.8) is 0 Å². The molecular weight excluding hydrogens is 467 g/mol. The first kappa shape index (κ1) is 21.6. The molecule has 4 N–H and O–H groups in total. The lowest BCUT2D eigenvalue weighted by Crippen LogP contribution is -2.33. The lowest BCUT2D eigenvalue weighted by atomic mass is 10.1. The molecule has 0 aliphatic carbocycles. The average molecular weight is 488 g/mol. The molecule has 2 aromatic carbocycles. The van der Waals surface area contributed by atoms with Gasteiger partial charge in [-0.2, -0.15) is 0 Å². The number of nitrogens with zero attached hydrogens (tertiary/aromatic N) is 1. The van der Waals surface area contributed by atoms with Crippen LogP contribution in [-0.4, -0.2) is 36.9 Å². The van der Waals surface area contributed by atoms with Crippen molar-refractivity contribution in [1.29, 1.82) is 0 Å². The summed E-state index contributed by atoms with van der Waals surface area (Å²) in [7, 11) is 1.78. The van der Waals surface area contributed by atoms with Gasteiger partial charge in [0.2, 0.25) is 0 Å². The number of amides is 1. The van der Waals surface area contributed by atoms with Gasteiger partial charge in [0.05, 0.1) is 45.6 Å². The fourth-order valence-electron chi connectivity index (χ4n) is 2.75. The lowest BCUT2D eigenvalue weighted by Gasteiger charge is -2.19. The molecule has 2 aromatic rings. The highest BCUT2D eigenvalue weighted by Gasteiger charge is 2.28. The first-order chi connectivity index (χ1) is 13.6. The van der Waals surface area contributed by atoms with Gasteiger partial charge in [0, 0.05) is 11.5 Å². The molecule has 1 aliphatic rings. The number of anilines is 4. The highest BCUT2D eigenvalue weighted by molar-refractivity contribution is 9.10. The highest BCUT2D eigenvalue weighted by atomic mass is 79.9. The summed E-state index contributed by atoms with van der Waals surface area (Å²) in [4.78, 5) is 19.6. The van der Waals surface area contributed by atoms with E-state index in [0.717, 1.165) is 4.47 Å². The molecule has 0 aromatic heterocycles. The van der Waals surface area contributed by atoms with Crippen LogP contribution in [0.3, 0.4) is 0 Å². The van der Waals surface area contributed by atoms with E-state index in [-0.39, 0.29) is 23.5 Å². The third kappa shape index (κ3) is 4.92. The second-order valence-electron chi connectivity index (χ2n) is 7.32. The van der Waals surface area contributed by atoms with E-state index < -0.39 is 17.3 Å². The summed E-state index contributed by atoms with van der Waals surface area (Å²) in [5.41, 5.74) is 2.38. The van der Waals surface area contributed by atoms with E-state index in [9.17, 15) is 9.90 Å². The largest absolute Gasteiger partial charge is 0.388 e. The number of carbonyl (C=O) groups excluding carboxylic acids is 1. The topological polar surface area (TPSA) is 85.9 Å². The Hall–Kier alpha value is -2.07. The summed E-state index contributed by atoms with van der Waals surface area (Å²) in [5.74, 6) is -1.27. The average Bonchev–Trinajstić information content (AvgIpc) is 2.99. The fraction of sp³-hybridized carbons (Fsp3) is 0.316. The Morgan fingerprint density at radius 1 is 1.45 bits per heavy atom. The minimum atomic E-state index is -1.13. The van der Waals surface area contributed by atoms with Crippen molar-refractivity contribution in [2.75, 3.05) is 35.9 Å². The van der Waals surface area contributed by atoms with Crippen molar-refractivity contribution < 1.29 is 19.1 Å². The van der Waals surface area contributed by atoms with E-state index in [1.54, 1.807) is 36.2 Å². The monoisotopic (exact) mass is 486 g/mol. The van der Waals surface area contributed by atoms with E-state index in [2.05, 4.69) is 32.0 Å². The number of rotatable bonds is 6. The molecule has 3 rings (SSSR count). The second-order valence-corrected chi connectivity index (χ2v) is 8.64. The summed E-state index contributed by atoms with van der Waals surface area (Å²) in [6.45, 7) is 3.36. The third-order valence-electron chi connectivity index (χ3n) is 4.18. The van der Waals surface area contributed by atoms with Crippen molar-refractivity contribution in [2.24, 2.45) is 0 Å². The minimum Gasteiger partial charge on any atom is -0.388 e. The van der Waals surface area contributed by atoms with Gasteiger partial charge in [-0.15, -0.1) is 0 Å². The summed E-state index contributed by atoms with van der Waals surface area (Å²) in [6.07, 6.45) is 0. The van der Waals surface area contributed by atoms with Crippen LogP contribution in [0.25, 0.3) is 0 Å². The first-order valence-electron chi connectivity index (χ1n) is 8.75. The molecule has 1 aliphatic heterocycles. The Balaban J connectivity index is 1.98. The van der Waals surface area contributed by atoms with Crippen molar-refractivity contribution in [2.45, 2.75) is 19.4 Å². The number of aliphatic hydroxyl groups is 1. The van der Waals surface area contributed by atoms with Crippen molar-refractivity contribution in [3.05, 3.63) is 45.1 Å². The predicted molar refractivity (Wildman–Crippen MR) is 115 cm³/mol. The molecule has 0 saturated carbocycles. The Morgan fingerprint density at radius 3 is 2.83 bits per heavy atom. The molecule has 1 heterocycles. The molecule has 0 radical (unpaired) electrons. The van der Waals surface area contributed by atoms with Gasteiger partial charge in [-0.1, -0.05) is 27.5 Å². The second kappa shape index (κ2) is 8.35. The molecule has 7 nitrogen and oxygen atoms in total. The number of nitrogens with one attached hydrogen (secondary N) is 3. The van der Waals surface area contributed by atoms with Gasteiger partial charge in [-0.05, 0) is 38.1 Å². The molecule has 0 bridgehead atoms. The molecule has 1 amide bonds. The number of hydrogen-bond acceptors (Lipinski definition) is 6. The number of halogens is 3. The van der Waals surface area contributed by atoms with Crippen LogP contribution >= 0.6 is 27.5 Å². The van der Waals surface area contributed by atoms with Crippen LogP contribution in [0.2, 0.25) is 5.02 Å². The highest BCUT2D eigenvalue weighted by Crippen LogP contribution is 2.41. The Bertz CT molecular complexity index is 952. The first-order valence-corrected chi connectivity index (χ1v) is 9.92. The summed E-state index contributed by atoms with van der Waals surface area (Å²) in [6, 6.07) is 6.65. The Kier molecular flexibility index (Phi) is 6.23. The number of benzene rings is 2.